The number of nitriles is 1. The first kappa shape index (κ1) is 22.4. The second kappa shape index (κ2) is 8.73. The van der Waals surface area contributed by atoms with Crippen molar-refractivity contribution in [2.45, 2.75) is 0 Å². The zero-order chi connectivity index (χ0) is 26.6. The number of fused-ring (bicyclic) bond motifs is 6. The lowest BCUT2D eigenvalue weighted by Crippen LogP contribution is -1.93. The van der Waals surface area contributed by atoms with Crippen LogP contribution >= 0.6 is 0 Å². The van der Waals surface area contributed by atoms with Gasteiger partial charge >= 0.3 is 0 Å². The van der Waals surface area contributed by atoms with Gasteiger partial charge in [-0.2, -0.15) is 5.26 Å². The van der Waals surface area contributed by atoms with E-state index < -0.39 is 0 Å². The van der Waals surface area contributed by atoms with Gasteiger partial charge in [-0.1, -0.05) is 78.9 Å². The summed E-state index contributed by atoms with van der Waals surface area (Å²) in [4.78, 5) is 0. The Bertz CT molecular complexity index is 2280. The van der Waals surface area contributed by atoms with E-state index in [0.717, 1.165) is 71.7 Å². The van der Waals surface area contributed by atoms with Crippen LogP contribution in [0.5, 0.6) is 0 Å². The fraction of sp³-hybridized carbons (Fsp3) is 0. The van der Waals surface area contributed by atoms with Crippen LogP contribution in [0.25, 0.3) is 71.7 Å². The molecule has 3 heteroatoms. The lowest BCUT2D eigenvalue weighted by Gasteiger charge is -2.09. The van der Waals surface area contributed by atoms with Crippen molar-refractivity contribution in [1.82, 2.24) is 4.57 Å². The van der Waals surface area contributed by atoms with Crippen LogP contribution in [0, 0.1) is 11.3 Å². The Morgan fingerprint density at radius 2 is 1.23 bits per heavy atom. The molecule has 0 N–H and O–H groups in total. The van der Waals surface area contributed by atoms with Crippen LogP contribution < -0.4 is 0 Å². The highest BCUT2D eigenvalue weighted by Crippen LogP contribution is 2.39. The van der Waals surface area contributed by atoms with Gasteiger partial charge in [-0.15, -0.1) is 0 Å². The Morgan fingerprint density at radius 3 is 2.10 bits per heavy atom. The standard InChI is InChI=1S/C37H22N2O/c38-23-24-16-18-34-32(20-24)33-22-26(17-19-35(33)39(34)28-10-2-1-3-11-28)25-8-6-9-27(21-25)29-13-7-14-31-30-12-4-5-15-36(30)40-37(29)31/h1-22H. The summed E-state index contributed by atoms with van der Waals surface area (Å²) < 4.78 is 8.60. The topological polar surface area (TPSA) is 41.9 Å². The van der Waals surface area contributed by atoms with E-state index in [1.54, 1.807) is 0 Å². The van der Waals surface area contributed by atoms with E-state index in [1.165, 1.54) is 0 Å². The molecule has 0 spiro atoms. The van der Waals surface area contributed by atoms with Gasteiger partial charge in [-0.25, -0.2) is 0 Å². The van der Waals surface area contributed by atoms with E-state index in [9.17, 15) is 5.26 Å². The van der Waals surface area contributed by atoms with Gasteiger partial charge in [0.2, 0.25) is 0 Å². The molecule has 40 heavy (non-hydrogen) atoms. The van der Waals surface area contributed by atoms with Crippen LogP contribution in [0.3, 0.4) is 0 Å². The van der Waals surface area contributed by atoms with Gasteiger partial charge in [-0.3, -0.25) is 0 Å². The number of nitrogens with zero attached hydrogens (tertiary/aromatic N) is 2. The molecule has 0 aliphatic heterocycles. The molecule has 8 aromatic rings. The SMILES string of the molecule is N#Cc1ccc2c(c1)c1cc(-c3cccc(-c4cccc5c4oc4ccccc45)c3)ccc1n2-c1ccccc1. The highest BCUT2D eigenvalue weighted by atomic mass is 16.3. The average Bonchev–Trinajstić information content (AvgIpc) is 3.56. The van der Waals surface area contributed by atoms with Crippen molar-refractivity contribution in [2.75, 3.05) is 0 Å². The molecule has 2 aromatic heterocycles. The minimum absolute atomic E-state index is 0.658. The van der Waals surface area contributed by atoms with Crippen molar-refractivity contribution >= 4 is 43.7 Å². The number of hydrogen-bond acceptors (Lipinski definition) is 2. The molecule has 0 fully saturated rings. The second-order valence-electron chi connectivity index (χ2n) is 10.1. The van der Waals surface area contributed by atoms with Gasteiger partial charge in [0.1, 0.15) is 11.2 Å². The smallest absolute Gasteiger partial charge is 0.143 e. The summed E-state index contributed by atoms with van der Waals surface area (Å²) in [6.45, 7) is 0. The third-order valence-electron chi connectivity index (χ3n) is 7.82. The molecule has 0 amide bonds. The fourth-order valence-electron chi connectivity index (χ4n) is 5.97. The van der Waals surface area contributed by atoms with Crippen molar-refractivity contribution in [3.63, 3.8) is 0 Å². The fourth-order valence-corrected chi connectivity index (χ4v) is 5.97. The molecule has 0 saturated heterocycles. The summed E-state index contributed by atoms with van der Waals surface area (Å²) in [7, 11) is 0. The van der Waals surface area contributed by atoms with Crippen LogP contribution in [-0.2, 0) is 0 Å². The van der Waals surface area contributed by atoms with Gasteiger partial charge in [0.05, 0.1) is 22.7 Å². The third kappa shape index (κ3) is 3.37. The Hall–Kier alpha value is -5.59. The monoisotopic (exact) mass is 510 g/mol. The van der Waals surface area contributed by atoms with Crippen molar-refractivity contribution in [3.05, 3.63) is 139 Å². The molecule has 2 heterocycles. The number of furan rings is 1. The van der Waals surface area contributed by atoms with Crippen molar-refractivity contribution in [1.29, 1.82) is 5.26 Å². The molecule has 0 aliphatic rings. The summed E-state index contributed by atoms with van der Waals surface area (Å²) >= 11 is 0. The predicted octanol–water partition coefficient (Wildman–Crippen LogP) is 9.89. The van der Waals surface area contributed by atoms with Crippen molar-refractivity contribution < 1.29 is 4.42 Å². The number of aromatic nitrogens is 1. The minimum Gasteiger partial charge on any atom is -0.455 e. The minimum atomic E-state index is 0.658. The number of rotatable bonds is 3. The summed E-state index contributed by atoms with van der Waals surface area (Å²) in [6.07, 6.45) is 0. The summed E-state index contributed by atoms with van der Waals surface area (Å²) in [6, 6.07) is 48.4. The highest BCUT2D eigenvalue weighted by molar-refractivity contribution is 6.11. The van der Waals surface area contributed by atoms with Crippen molar-refractivity contribution in [2.24, 2.45) is 0 Å². The summed E-state index contributed by atoms with van der Waals surface area (Å²) in [5.74, 6) is 0. The van der Waals surface area contributed by atoms with Gasteiger partial charge < -0.3 is 8.98 Å². The molecule has 0 bridgehead atoms. The number of hydrogen-bond donors (Lipinski definition) is 0. The summed E-state index contributed by atoms with van der Waals surface area (Å²) in [5, 5.41) is 14.1. The van der Waals surface area contributed by atoms with E-state index in [2.05, 4.69) is 114 Å². The maximum atomic E-state index is 9.62. The Labute approximate surface area is 230 Å². The molecule has 0 unspecified atom stereocenters. The maximum absolute atomic E-state index is 9.62. The van der Waals surface area contributed by atoms with Gasteiger partial charge in [0.25, 0.3) is 0 Å². The largest absolute Gasteiger partial charge is 0.455 e. The highest BCUT2D eigenvalue weighted by Gasteiger charge is 2.15. The third-order valence-corrected chi connectivity index (χ3v) is 7.82. The predicted molar refractivity (Wildman–Crippen MR) is 164 cm³/mol. The molecular formula is C37H22N2O. The molecule has 0 aliphatic carbocycles. The molecule has 0 atom stereocenters. The Morgan fingerprint density at radius 1 is 0.525 bits per heavy atom. The van der Waals surface area contributed by atoms with Crippen LogP contribution in [0.2, 0.25) is 0 Å². The van der Waals surface area contributed by atoms with E-state index in [-0.39, 0.29) is 0 Å². The Balaban J connectivity index is 1.32. The molecule has 186 valence electrons. The van der Waals surface area contributed by atoms with E-state index in [4.69, 9.17) is 4.42 Å². The van der Waals surface area contributed by atoms with Crippen LogP contribution in [-0.4, -0.2) is 4.57 Å². The quantitative estimate of drug-likeness (QED) is 0.237. The molecule has 0 radical (unpaired) electrons. The first-order valence-corrected chi connectivity index (χ1v) is 13.3. The summed E-state index contributed by atoms with van der Waals surface area (Å²) in [5.41, 5.74) is 10.2. The lowest BCUT2D eigenvalue weighted by molar-refractivity contribution is 0.670. The van der Waals surface area contributed by atoms with Gasteiger partial charge in [0, 0.05) is 32.8 Å². The van der Waals surface area contributed by atoms with Gasteiger partial charge in [0.15, 0.2) is 0 Å². The van der Waals surface area contributed by atoms with Crippen LogP contribution in [0.15, 0.2) is 138 Å². The average molecular weight is 511 g/mol. The van der Waals surface area contributed by atoms with Crippen LogP contribution in [0.4, 0.5) is 0 Å². The lowest BCUT2D eigenvalue weighted by atomic mass is 9.97. The molecular weight excluding hydrogens is 488 g/mol. The number of para-hydroxylation sites is 3. The Kier molecular flexibility index (Phi) is 4.89. The van der Waals surface area contributed by atoms with E-state index >= 15 is 0 Å². The van der Waals surface area contributed by atoms with Gasteiger partial charge in [-0.05, 0) is 71.3 Å². The number of benzene rings is 6. The van der Waals surface area contributed by atoms with Crippen LogP contribution in [0.1, 0.15) is 5.56 Å². The zero-order valence-electron chi connectivity index (χ0n) is 21.5. The second-order valence-corrected chi connectivity index (χ2v) is 10.1. The van der Waals surface area contributed by atoms with E-state index in [1.807, 2.05) is 30.3 Å². The maximum Gasteiger partial charge on any atom is 0.143 e. The molecule has 0 saturated carbocycles. The zero-order valence-corrected chi connectivity index (χ0v) is 21.5. The first-order valence-electron chi connectivity index (χ1n) is 13.3. The molecule has 8 rings (SSSR count). The first-order chi connectivity index (χ1) is 19.8. The van der Waals surface area contributed by atoms with E-state index in [0.29, 0.717) is 5.56 Å². The molecule has 6 aromatic carbocycles. The van der Waals surface area contributed by atoms with Crippen molar-refractivity contribution in [3.8, 4) is 34.0 Å². The molecule has 3 nitrogen and oxygen atoms in total. The normalized spacial score (nSPS) is 11.5.